The molecule has 0 aromatic carbocycles. The number of ether oxygens (including phenoxy) is 1. The van der Waals surface area contributed by atoms with Gasteiger partial charge in [-0.3, -0.25) is 4.79 Å². The Labute approximate surface area is 106 Å². The molecule has 2 rings (SSSR count). The third-order valence-electron chi connectivity index (χ3n) is 3.17. The lowest BCUT2D eigenvalue weighted by Gasteiger charge is -2.33. The van der Waals surface area contributed by atoms with E-state index in [4.69, 9.17) is 16.2 Å². The average Bonchev–Trinajstić information content (AvgIpc) is 2.39. The number of aromatic nitrogens is 1. The second kappa shape index (κ2) is 5.22. The Kier molecular flexibility index (Phi) is 3.66. The SMILES string of the molecule is COC1CCCN(c2nc(C(N)=O)ccc2N)C1. The van der Waals surface area contributed by atoms with E-state index in [0.29, 0.717) is 11.5 Å². The lowest BCUT2D eigenvalue weighted by molar-refractivity contribution is 0.0891. The Balaban J connectivity index is 2.26. The van der Waals surface area contributed by atoms with Gasteiger partial charge in [0.1, 0.15) is 5.69 Å². The summed E-state index contributed by atoms with van der Waals surface area (Å²) in [5.41, 5.74) is 11.9. The molecular weight excluding hydrogens is 232 g/mol. The van der Waals surface area contributed by atoms with E-state index in [1.54, 1.807) is 19.2 Å². The van der Waals surface area contributed by atoms with Crippen LogP contribution in [0.2, 0.25) is 0 Å². The van der Waals surface area contributed by atoms with Gasteiger partial charge in [-0.1, -0.05) is 0 Å². The summed E-state index contributed by atoms with van der Waals surface area (Å²) in [5.74, 6) is 0.0737. The number of hydrogen-bond acceptors (Lipinski definition) is 5. The minimum absolute atomic E-state index is 0.178. The van der Waals surface area contributed by atoms with Crippen LogP contribution in [-0.4, -0.2) is 37.2 Å². The largest absolute Gasteiger partial charge is 0.396 e. The topological polar surface area (TPSA) is 94.5 Å². The molecule has 1 fully saturated rings. The molecule has 1 aromatic heterocycles. The molecule has 4 N–H and O–H groups in total. The zero-order chi connectivity index (χ0) is 13.1. The Bertz CT molecular complexity index is 450. The van der Waals surface area contributed by atoms with E-state index in [-0.39, 0.29) is 11.8 Å². The number of primary amides is 1. The number of anilines is 2. The van der Waals surface area contributed by atoms with Gasteiger partial charge in [0.2, 0.25) is 0 Å². The predicted octanol–water partition coefficient (Wildman–Crippen LogP) is 0.378. The maximum Gasteiger partial charge on any atom is 0.267 e. The lowest BCUT2D eigenvalue weighted by Crippen LogP contribution is -2.40. The summed E-state index contributed by atoms with van der Waals surface area (Å²) >= 11 is 0. The van der Waals surface area contributed by atoms with E-state index < -0.39 is 5.91 Å². The standard InChI is InChI=1S/C12H18N4O2/c1-18-8-3-2-6-16(7-8)12-9(13)4-5-10(15-12)11(14)17/h4-5,8H,2-3,6-7,13H2,1H3,(H2,14,17). The van der Waals surface area contributed by atoms with Gasteiger partial charge >= 0.3 is 0 Å². The van der Waals surface area contributed by atoms with Crippen LogP contribution in [0.1, 0.15) is 23.3 Å². The molecule has 2 heterocycles. The number of piperidine rings is 1. The summed E-state index contributed by atoms with van der Waals surface area (Å²) in [5, 5.41) is 0. The Morgan fingerprint density at radius 2 is 2.33 bits per heavy atom. The van der Waals surface area contributed by atoms with E-state index in [9.17, 15) is 4.79 Å². The monoisotopic (exact) mass is 250 g/mol. The summed E-state index contributed by atoms with van der Waals surface area (Å²) in [6.45, 7) is 1.59. The van der Waals surface area contributed by atoms with Gasteiger partial charge in [0, 0.05) is 20.2 Å². The number of pyridine rings is 1. The summed E-state index contributed by atoms with van der Waals surface area (Å²) in [6, 6.07) is 3.21. The first-order valence-corrected chi connectivity index (χ1v) is 5.96. The van der Waals surface area contributed by atoms with Crippen molar-refractivity contribution < 1.29 is 9.53 Å². The fourth-order valence-electron chi connectivity index (χ4n) is 2.17. The van der Waals surface area contributed by atoms with Gasteiger partial charge in [0.15, 0.2) is 5.82 Å². The van der Waals surface area contributed by atoms with Gasteiger partial charge in [-0.25, -0.2) is 4.98 Å². The molecule has 0 spiro atoms. The maximum absolute atomic E-state index is 11.1. The highest BCUT2D eigenvalue weighted by Gasteiger charge is 2.22. The van der Waals surface area contributed by atoms with Crippen LogP contribution in [0.25, 0.3) is 0 Å². The summed E-state index contributed by atoms with van der Waals surface area (Å²) in [4.78, 5) is 17.4. The maximum atomic E-state index is 11.1. The number of carbonyl (C=O) groups excluding carboxylic acids is 1. The van der Waals surface area contributed by atoms with Gasteiger partial charge in [-0.05, 0) is 25.0 Å². The highest BCUT2D eigenvalue weighted by atomic mass is 16.5. The second-order valence-corrected chi connectivity index (χ2v) is 4.42. The Morgan fingerprint density at radius 3 is 3.00 bits per heavy atom. The minimum atomic E-state index is -0.545. The van der Waals surface area contributed by atoms with Crippen molar-refractivity contribution in [2.75, 3.05) is 30.8 Å². The van der Waals surface area contributed by atoms with Crippen LogP contribution in [0.3, 0.4) is 0 Å². The number of methoxy groups -OCH3 is 1. The highest BCUT2D eigenvalue weighted by molar-refractivity contribution is 5.91. The van der Waals surface area contributed by atoms with Crippen molar-refractivity contribution in [3.63, 3.8) is 0 Å². The number of amides is 1. The second-order valence-electron chi connectivity index (χ2n) is 4.42. The number of nitrogen functional groups attached to an aromatic ring is 1. The molecule has 0 aliphatic carbocycles. The number of nitrogens with two attached hydrogens (primary N) is 2. The van der Waals surface area contributed by atoms with Crippen molar-refractivity contribution in [1.82, 2.24) is 4.98 Å². The number of nitrogens with zero attached hydrogens (tertiary/aromatic N) is 2. The van der Waals surface area contributed by atoms with Crippen LogP contribution in [0.15, 0.2) is 12.1 Å². The van der Waals surface area contributed by atoms with Gasteiger partial charge < -0.3 is 21.1 Å². The first-order valence-electron chi connectivity index (χ1n) is 5.96. The lowest BCUT2D eigenvalue weighted by atomic mass is 10.1. The molecule has 6 nitrogen and oxygen atoms in total. The zero-order valence-electron chi connectivity index (χ0n) is 10.4. The Hall–Kier alpha value is -1.82. The van der Waals surface area contributed by atoms with Crippen molar-refractivity contribution in [1.29, 1.82) is 0 Å². The van der Waals surface area contributed by atoms with Crippen molar-refractivity contribution in [3.8, 4) is 0 Å². The fourth-order valence-corrected chi connectivity index (χ4v) is 2.17. The van der Waals surface area contributed by atoms with Crippen LogP contribution < -0.4 is 16.4 Å². The van der Waals surface area contributed by atoms with Crippen molar-refractivity contribution in [2.24, 2.45) is 5.73 Å². The van der Waals surface area contributed by atoms with E-state index in [1.165, 1.54) is 0 Å². The summed E-state index contributed by atoms with van der Waals surface area (Å²) < 4.78 is 5.36. The first kappa shape index (κ1) is 12.6. The molecule has 1 aliphatic heterocycles. The minimum Gasteiger partial charge on any atom is -0.396 e. The van der Waals surface area contributed by atoms with Crippen LogP contribution in [0.5, 0.6) is 0 Å². The van der Waals surface area contributed by atoms with Crippen molar-refractivity contribution in [2.45, 2.75) is 18.9 Å². The van der Waals surface area contributed by atoms with Crippen LogP contribution in [-0.2, 0) is 4.74 Å². The molecule has 0 saturated carbocycles. The van der Waals surface area contributed by atoms with E-state index in [0.717, 1.165) is 25.9 Å². The first-order chi connectivity index (χ1) is 8.61. The van der Waals surface area contributed by atoms with E-state index in [2.05, 4.69) is 4.98 Å². The molecule has 1 amide bonds. The zero-order valence-corrected chi connectivity index (χ0v) is 10.4. The third kappa shape index (κ3) is 2.53. The average molecular weight is 250 g/mol. The molecule has 0 radical (unpaired) electrons. The van der Waals surface area contributed by atoms with Crippen LogP contribution >= 0.6 is 0 Å². The molecule has 1 aromatic rings. The summed E-state index contributed by atoms with van der Waals surface area (Å²) in [6.07, 6.45) is 2.22. The molecule has 6 heteroatoms. The quantitative estimate of drug-likeness (QED) is 0.808. The van der Waals surface area contributed by atoms with Gasteiger partial charge in [-0.15, -0.1) is 0 Å². The van der Waals surface area contributed by atoms with E-state index >= 15 is 0 Å². The molecule has 98 valence electrons. The van der Waals surface area contributed by atoms with E-state index in [1.807, 2.05) is 4.90 Å². The molecule has 1 unspecified atom stereocenters. The summed E-state index contributed by atoms with van der Waals surface area (Å²) in [7, 11) is 1.70. The molecular formula is C12H18N4O2. The normalized spacial score (nSPS) is 19.8. The molecule has 1 aliphatic rings. The van der Waals surface area contributed by atoms with Gasteiger partial charge in [-0.2, -0.15) is 0 Å². The molecule has 1 saturated heterocycles. The number of rotatable bonds is 3. The number of carbonyl (C=O) groups is 1. The Morgan fingerprint density at radius 1 is 1.56 bits per heavy atom. The van der Waals surface area contributed by atoms with Gasteiger partial charge in [0.25, 0.3) is 5.91 Å². The van der Waals surface area contributed by atoms with Gasteiger partial charge in [0.05, 0.1) is 11.8 Å². The molecule has 0 bridgehead atoms. The molecule has 18 heavy (non-hydrogen) atoms. The predicted molar refractivity (Wildman–Crippen MR) is 69.4 cm³/mol. The fraction of sp³-hybridized carbons (Fsp3) is 0.500. The van der Waals surface area contributed by atoms with Crippen LogP contribution in [0.4, 0.5) is 11.5 Å². The van der Waals surface area contributed by atoms with Crippen molar-refractivity contribution in [3.05, 3.63) is 17.8 Å². The number of hydrogen-bond donors (Lipinski definition) is 2. The smallest absolute Gasteiger partial charge is 0.267 e. The highest BCUT2D eigenvalue weighted by Crippen LogP contribution is 2.25. The van der Waals surface area contributed by atoms with Crippen LogP contribution in [0, 0.1) is 0 Å². The third-order valence-corrected chi connectivity index (χ3v) is 3.17. The van der Waals surface area contributed by atoms with Crippen molar-refractivity contribution >= 4 is 17.4 Å². The molecule has 1 atom stereocenters.